The fourth-order valence-electron chi connectivity index (χ4n) is 1.26. The summed E-state index contributed by atoms with van der Waals surface area (Å²) in [4.78, 5) is 12.7. The highest BCUT2D eigenvalue weighted by atomic mass is 35.5. The zero-order chi connectivity index (χ0) is 12.3. The summed E-state index contributed by atoms with van der Waals surface area (Å²) >= 11 is 5.57. The van der Waals surface area contributed by atoms with Crippen LogP contribution in [0, 0.1) is 5.82 Å². The second-order valence-corrected chi connectivity index (χ2v) is 3.76. The van der Waals surface area contributed by atoms with Crippen molar-refractivity contribution in [2.45, 2.75) is 0 Å². The van der Waals surface area contributed by atoms with Crippen molar-refractivity contribution in [2.24, 2.45) is 0 Å². The highest BCUT2D eigenvalue weighted by Crippen LogP contribution is 2.28. The first-order chi connectivity index (χ1) is 7.45. The molecule has 3 N–H and O–H groups in total. The van der Waals surface area contributed by atoms with E-state index in [1.165, 1.54) is 19.2 Å². The molecule has 0 aliphatic rings. The zero-order valence-electron chi connectivity index (χ0n) is 9.05. The average molecular weight is 246 g/mol. The molecule has 0 aromatic heterocycles. The standard InChI is InChI=1S/C10H13ClFN3O/c1-14-10(16)5-15(2)9-4-7(12)6(11)3-8(9)13/h3-4H,5,13H2,1-2H3,(H,14,16). The van der Waals surface area contributed by atoms with Gasteiger partial charge in [-0.2, -0.15) is 0 Å². The van der Waals surface area contributed by atoms with E-state index in [0.717, 1.165) is 0 Å². The van der Waals surface area contributed by atoms with Crippen LogP contribution in [0.2, 0.25) is 5.02 Å². The van der Waals surface area contributed by atoms with E-state index in [9.17, 15) is 9.18 Å². The van der Waals surface area contributed by atoms with Gasteiger partial charge in [0.25, 0.3) is 0 Å². The van der Waals surface area contributed by atoms with Crippen LogP contribution in [0.3, 0.4) is 0 Å². The first-order valence-corrected chi connectivity index (χ1v) is 4.99. The lowest BCUT2D eigenvalue weighted by Crippen LogP contribution is -2.33. The smallest absolute Gasteiger partial charge is 0.239 e. The normalized spacial score (nSPS) is 10.0. The van der Waals surface area contributed by atoms with E-state index >= 15 is 0 Å². The number of halogens is 2. The van der Waals surface area contributed by atoms with Crippen molar-refractivity contribution in [3.63, 3.8) is 0 Å². The topological polar surface area (TPSA) is 58.4 Å². The second kappa shape index (κ2) is 5.03. The molecule has 0 aliphatic carbocycles. The number of hydrogen-bond acceptors (Lipinski definition) is 3. The van der Waals surface area contributed by atoms with Gasteiger partial charge in [0.05, 0.1) is 22.9 Å². The van der Waals surface area contributed by atoms with E-state index in [-0.39, 0.29) is 17.5 Å². The maximum atomic E-state index is 13.2. The summed E-state index contributed by atoms with van der Waals surface area (Å²) in [5.74, 6) is -0.744. The highest BCUT2D eigenvalue weighted by Gasteiger charge is 2.12. The largest absolute Gasteiger partial charge is 0.397 e. The van der Waals surface area contributed by atoms with Crippen LogP contribution < -0.4 is 16.0 Å². The molecule has 1 amide bonds. The molecular weight excluding hydrogens is 233 g/mol. The van der Waals surface area contributed by atoms with Crippen LogP contribution in [0.1, 0.15) is 0 Å². The number of rotatable bonds is 3. The number of nitrogens with zero attached hydrogens (tertiary/aromatic N) is 1. The first-order valence-electron chi connectivity index (χ1n) is 4.62. The molecule has 6 heteroatoms. The number of nitrogens with two attached hydrogens (primary N) is 1. The Morgan fingerprint density at radius 1 is 1.62 bits per heavy atom. The van der Waals surface area contributed by atoms with Gasteiger partial charge in [-0.15, -0.1) is 0 Å². The van der Waals surface area contributed by atoms with E-state index in [1.807, 2.05) is 0 Å². The van der Waals surface area contributed by atoms with Gasteiger partial charge in [-0.05, 0) is 6.07 Å². The highest BCUT2D eigenvalue weighted by molar-refractivity contribution is 6.31. The van der Waals surface area contributed by atoms with Gasteiger partial charge >= 0.3 is 0 Å². The van der Waals surface area contributed by atoms with Crippen LogP contribution in [0.4, 0.5) is 15.8 Å². The fourth-order valence-corrected chi connectivity index (χ4v) is 1.43. The Kier molecular flexibility index (Phi) is 3.95. The number of anilines is 2. The lowest BCUT2D eigenvalue weighted by Gasteiger charge is -2.20. The summed E-state index contributed by atoms with van der Waals surface area (Å²) in [6.45, 7) is 0.0990. The van der Waals surface area contributed by atoms with Crippen molar-refractivity contribution >= 4 is 28.9 Å². The van der Waals surface area contributed by atoms with E-state index in [2.05, 4.69) is 5.32 Å². The Bertz CT molecular complexity index is 411. The number of nitrogen functional groups attached to an aromatic ring is 1. The van der Waals surface area contributed by atoms with Crippen molar-refractivity contribution in [2.75, 3.05) is 31.3 Å². The van der Waals surface area contributed by atoms with Crippen molar-refractivity contribution in [1.82, 2.24) is 5.32 Å². The molecule has 0 atom stereocenters. The number of nitrogens with one attached hydrogen (secondary N) is 1. The Morgan fingerprint density at radius 3 is 2.81 bits per heavy atom. The molecule has 0 heterocycles. The quantitative estimate of drug-likeness (QED) is 0.788. The van der Waals surface area contributed by atoms with Gasteiger partial charge in [0.1, 0.15) is 5.82 Å². The molecule has 0 saturated carbocycles. The van der Waals surface area contributed by atoms with Crippen LogP contribution in [-0.4, -0.2) is 26.5 Å². The summed E-state index contributed by atoms with van der Waals surface area (Å²) in [6.07, 6.45) is 0. The van der Waals surface area contributed by atoms with Crippen molar-refractivity contribution in [3.8, 4) is 0 Å². The SMILES string of the molecule is CNC(=O)CN(C)c1cc(F)c(Cl)cc1N. The van der Waals surface area contributed by atoms with Crippen LogP contribution in [0.5, 0.6) is 0 Å². The zero-order valence-corrected chi connectivity index (χ0v) is 9.81. The lowest BCUT2D eigenvalue weighted by molar-refractivity contribution is -0.119. The predicted molar refractivity (Wildman–Crippen MR) is 63.2 cm³/mol. The van der Waals surface area contributed by atoms with Gasteiger partial charge < -0.3 is 16.0 Å². The maximum Gasteiger partial charge on any atom is 0.239 e. The summed E-state index contributed by atoms with van der Waals surface area (Å²) < 4.78 is 13.2. The maximum absolute atomic E-state index is 13.2. The van der Waals surface area contributed by atoms with Crippen molar-refractivity contribution in [1.29, 1.82) is 0 Å². The van der Waals surface area contributed by atoms with E-state index in [1.54, 1.807) is 11.9 Å². The molecule has 1 rings (SSSR count). The molecule has 1 aromatic rings. The number of hydrogen-bond donors (Lipinski definition) is 2. The van der Waals surface area contributed by atoms with Crippen LogP contribution in [0.25, 0.3) is 0 Å². The van der Waals surface area contributed by atoms with Gasteiger partial charge in [0.15, 0.2) is 0 Å². The Labute approximate surface area is 98.2 Å². The fraction of sp³-hybridized carbons (Fsp3) is 0.300. The first kappa shape index (κ1) is 12.6. The second-order valence-electron chi connectivity index (χ2n) is 3.35. The third kappa shape index (κ3) is 2.76. The summed E-state index contributed by atoms with van der Waals surface area (Å²) in [7, 11) is 3.18. The number of carbonyl (C=O) groups is 1. The minimum absolute atomic E-state index is 0.0328. The molecule has 88 valence electrons. The number of benzene rings is 1. The van der Waals surface area contributed by atoms with Gasteiger partial charge in [-0.25, -0.2) is 4.39 Å². The van der Waals surface area contributed by atoms with E-state index in [0.29, 0.717) is 11.4 Å². The van der Waals surface area contributed by atoms with Gasteiger partial charge in [-0.1, -0.05) is 11.6 Å². The van der Waals surface area contributed by atoms with Crippen LogP contribution >= 0.6 is 11.6 Å². The minimum atomic E-state index is -0.561. The van der Waals surface area contributed by atoms with Crippen LogP contribution in [0.15, 0.2) is 12.1 Å². The summed E-state index contributed by atoms with van der Waals surface area (Å²) in [5, 5.41) is 2.44. The lowest BCUT2D eigenvalue weighted by atomic mass is 10.2. The molecule has 16 heavy (non-hydrogen) atoms. The molecule has 4 nitrogen and oxygen atoms in total. The average Bonchev–Trinajstić information content (AvgIpc) is 2.23. The summed E-state index contributed by atoms with van der Waals surface area (Å²) in [5.41, 5.74) is 6.45. The third-order valence-corrected chi connectivity index (χ3v) is 2.43. The monoisotopic (exact) mass is 245 g/mol. The van der Waals surface area contributed by atoms with Gasteiger partial charge in [0, 0.05) is 20.2 Å². The van der Waals surface area contributed by atoms with Gasteiger partial charge in [-0.3, -0.25) is 4.79 Å². The molecule has 0 saturated heterocycles. The molecule has 1 aromatic carbocycles. The number of likely N-dealkylation sites (N-methyl/N-ethyl adjacent to an activating group) is 2. The Morgan fingerprint density at radius 2 is 2.25 bits per heavy atom. The third-order valence-electron chi connectivity index (χ3n) is 2.14. The molecule has 0 aliphatic heterocycles. The molecule has 0 fully saturated rings. The predicted octanol–water partition coefficient (Wildman–Crippen LogP) is 1.24. The van der Waals surface area contributed by atoms with Crippen molar-refractivity contribution in [3.05, 3.63) is 23.0 Å². The number of amides is 1. The Balaban J connectivity index is 2.95. The number of carbonyl (C=O) groups excluding carboxylic acids is 1. The van der Waals surface area contributed by atoms with Gasteiger partial charge in [0.2, 0.25) is 5.91 Å². The molecule has 0 radical (unpaired) electrons. The Hall–Kier alpha value is -1.49. The van der Waals surface area contributed by atoms with E-state index < -0.39 is 5.82 Å². The minimum Gasteiger partial charge on any atom is -0.397 e. The summed E-state index contributed by atoms with van der Waals surface area (Å²) in [6, 6.07) is 2.53. The molecular formula is C10H13ClFN3O. The van der Waals surface area contributed by atoms with Crippen molar-refractivity contribution < 1.29 is 9.18 Å². The molecule has 0 bridgehead atoms. The van der Waals surface area contributed by atoms with E-state index in [4.69, 9.17) is 17.3 Å². The molecule has 0 spiro atoms. The van der Waals surface area contributed by atoms with Crippen LogP contribution in [-0.2, 0) is 4.79 Å². The molecule has 0 unspecified atom stereocenters.